The van der Waals surface area contributed by atoms with Crippen LogP contribution in [0, 0.1) is 62.9 Å². The summed E-state index contributed by atoms with van der Waals surface area (Å²) >= 11 is 0. The molecular formula is C31H26FeNOP+2. The third-order valence-corrected chi connectivity index (χ3v) is 8.18. The van der Waals surface area contributed by atoms with Crippen LogP contribution < -0.4 is 10.6 Å². The van der Waals surface area contributed by atoms with Crippen molar-refractivity contribution >= 4 is 24.4 Å². The van der Waals surface area contributed by atoms with E-state index >= 15 is 0 Å². The molecule has 4 heteroatoms. The van der Waals surface area contributed by atoms with E-state index in [0.717, 1.165) is 11.8 Å². The Morgan fingerprint density at radius 3 is 1.69 bits per heavy atom. The first-order chi connectivity index (χ1) is 16.9. The summed E-state index contributed by atoms with van der Waals surface area (Å²) in [6, 6.07) is 31.9. The minimum absolute atomic E-state index is 0. The zero-order chi connectivity index (χ0) is 23.0. The molecule has 0 bridgehead atoms. The molecule has 2 saturated carbocycles. The second kappa shape index (κ2) is 13.4. The van der Waals surface area contributed by atoms with Gasteiger partial charge in [-0.25, -0.2) is 4.99 Å². The van der Waals surface area contributed by atoms with Gasteiger partial charge in [0, 0.05) is 5.66 Å². The molecule has 10 radical (unpaired) electrons. The Labute approximate surface area is 222 Å². The summed E-state index contributed by atoms with van der Waals surface area (Å²) < 4.78 is 6.09. The second-order valence-electron chi connectivity index (χ2n) is 7.97. The predicted octanol–water partition coefficient (Wildman–Crippen LogP) is 6.04. The number of hydrogen-bond donors (Lipinski definition) is 0. The molecule has 2 fully saturated rings. The van der Waals surface area contributed by atoms with Crippen LogP contribution >= 0.6 is 7.92 Å². The molecule has 1 aliphatic heterocycles. The van der Waals surface area contributed by atoms with Gasteiger partial charge >= 0.3 is 17.1 Å². The molecule has 0 saturated heterocycles. The number of aliphatic imine (C=N–C) groups is 1. The van der Waals surface area contributed by atoms with Gasteiger partial charge in [-0.3, -0.25) is 0 Å². The molecule has 3 aromatic carbocycles. The second-order valence-corrected chi connectivity index (χ2v) is 10.2. The van der Waals surface area contributed by atoms with Gasteiger partial charge in [0.1, 0.15) is 12.6 Å². The first-order valence-electron chi connectivity index (χ1n) is 11.5. The van der Waals surface area contributed by atoms with Crippen molar-refractivity contribution in [1.82, 2.24) is 0 Å². The van der Waals surface area contributed by atoms with Gasteiger partial charge in [-0.1, -0.05) is 91.0 Å². The smallest absolute Gasteiger partial charge is 0.478 e. The molecule has 1 heterocycles. The van der Waals surface area contributed by atoms with Crippen molar-refractivity contribution in [1.29, 1.82) is 0 Å². The molecule has 0 N–H and O–H groups in total. The Balaban J connectivity index is 0.000000431. The number of rotatable bonds is 5. The maximum atomic E-state index is 6.09. The number of nitrogens with zero attached hydrogens (tertiary/aromatic N) is 1. The van der Waals surface area contributed by atoms with Crippen LogP contribution in [0.1, 0.15) is 11.6 Å². The average Bonchev–Trinajstić information content (AvgIpc) is 3.70. The molecule has 0 unspecified atom stereocenters. The summed E-state index contributed by atoms with van der Waals surface area (Å²) in [6.07, 6.45) is 16.5. The van der Waals surface area contributed by atoms with Gasteiger partial charge < -0.3 is 4.74 Å². The first-order valence-corrected chi connectivity index (χ1v) is 12.8. The summed E-state index contributed by atoms with van der Waals surface area (Å²) in [4.78, 5) is 4.94. The van der Waals surface area contributed by atoms with Crippen LogP contribution in [0.4, 0.5) is 0 Å². The average molecular weight is 515 g/mol. The van der Waals surface area contributed by atoms with Crippen LogP contribution in [0.5, 0.6) is 0 Å². The molecule has 0 aromatic heterocycles. The SMILES string of the molecule is [CH]1[CH][CH][CH][CH]1.[CH]1[CH][C](C2=N[C@@H](c3ccccc3)CO2)[C](P(c2ccccc2)c2ccccc2)[CH]1.[Fe+2]. The van der Waals surface area contributed by atoms with E-state index in [1.54, 1.807) is 0 Å². The minimum Gasteiger partial charge on any atom is -0.478 e. The molecule has 6 rings (SSSR count). The van der Waals surface area contributed by atoms with Crippen LogP contribution in [0.3, 0.4) is 0 Å². The summed E-state index contributed by atoms with van der Waals surface area (Å²) in [7, 11) is -0.675. The van der Waals surface area contributed by atoms with Crippen LogP contribution in [0.15, 0.2) is 96.0 Å². The van der Waals surface area contributed by atoms with E-state index in [-0.39, 0.29) is 23.1 Å². The van der Waals surface area contributed by atoms with Crippen molar-refractivity contribution in [3.8, 4) is 0 Å². The van der Waals surface area contributed by atoms with E-state index in [2.05, 4.69) is 104 Å². The Kier molecular flexibility index (Phi) is 10.0. The number of ether oxygens (including phenoxy) is 1. The molecule has 172 valence electrons. The monoisotopic (exact) mass is 515 g/mol. The van der Waals surface area contributed by atoms with Crippen molar-refractivity contribution in [3.63, 3.8) is 0 Å². The van der Waals surface area contributed by atoms with Crippen LogP contribution in [-0.4, -0.2) is 12.5 Å². The van der Waals surface area contributed by atoms with Gasteiger partial charge in [0.2, 0.25) is 0 Å². The molecular weight excluding hydrogens is 489 g/mol. The zero-order valence-corrected chi connectivity index (χ0v) is 21.2. The predicted molar refractivity (Wildman–Crippen MR) is 143 cm³/mol. The Morgan fingerprint density at radius 1 is 0.629 bits per heavy atom. The van der Waals surface area contributed by atoms with Crippen LogP contribution in [0.25, 0.3) is 0 Å². The largest absolute Gasteiger partial charge is 2.00 e. The summed E-state index contributed by atoms with van der Waals surface area (Å²) in [5.74, 6) is 1.88. The van der Waals surface area contributed by atoms with Gasteiger partial charge in [0.05, 0.1) is 5.92 Å². The number of benzene rings is 3. The molecule has 3 aliphatic rings. The fourth-order valence-corrected chi connectivity index (χ4v) is 6.50. The van der Waals surface area contributed by atoms with Crippen LogP contribution in [0.2, 0.25) is 0 Å². The normalized spacial score (nSPS) is 20.0. The fourth-order valence-electron chi connectivity index (χ4n) is 4.06. The van der Waals surface area contributed by atoms with Gasteiger partial charge in [-0.2, -0.15) is 0 Å². The molecule has 35 heavy (non-hydrogen) atoms. The molecule has 0 spiro atoms. The topological polar surface area (TPSA) is 21.6 Å². The van der Waals surface area contributed by atoms with Gasteiger partial charge in [-0.15, -0.1) is 0 Å². The molecule has 0 amide bonds. The van der Waals surface area contributed by atoms with E-state index in [0.29, 0.717) is 6.61 Å². The Morgan fingerprint density at radius 2 is 1.14 bits per heavy atom. The number of hydrogen-bond acceptors (Lipinski definition) is 2. The standard InChI is InChI=1S/C26H21NOP.C5H5.Fe/c1-4-11-20(12-5-1)24-19-28-26(27-24)23-17-10-18-25(23)29(21-13-6-2-7-14-21)22-15-8-3-9-16-22;1-2-4-5-3-1;/h1-18,24H,19H2;1-5H;/q;;+2/t24-;;/m1../s1. The summed E-state index contributed by atoms with van der Waals surface area (Å²) in [5.41, 5.74) is 2.49. The Hall–Kier alpha value is -1.92. The quantitative estimate of drug-likeness (QED) is 0.300. The van der Waals surface area contributed by atoms with E-state index in [9.17, 15) is 0 Å². The molecule has 3 aromatic rings. The van der Waals surface area contributed by atoms with Crippen molar-refractivity contribution < 1.29 is 21.8 Å². The maximum Gasteiger partial charge on any atom is 2.00 e. The van der Waals surface area contributed by atoms with E-state index in [1.165, 1.54) is 21.8 Å². The van der Waals surface area contributed by atoms with E-state index in [4.69, 9.17) is 9.73 Å². The molecule has 2 nitrogen and oxygen atoms in total. The third-order valence-electron chi connectivity index (χ3n) is 5.68. The van der Waals surface area contributed by atoms with Crippen molar-refractivity contribution in [3.05, 3.63) is 160 Å². The molecule has 2 aliphatic carbocycles. The van der Waals surface area contributed by atoms with Gasteiger partial charge in [-0.05, 0) is 75.5 Å². The molecule has 1 atom stereocenters. The van der Waals surface area contributed by atoms with Gasteiger partial charge in [0.25, 0.3) is 0 Å². The van der Waals surface area contributed by atoms with Crippen molar-refractivity contribution in [2.75, 3.05) is 6.61 Å². The zero-order valence-electron chi connectivity index (χ0n) is 19.2. The fraction of sp³-hybridized carbons (Fsp3) is 0.0645. The summed E-state index contributed by atoms with van der Waals surface area (Å²) in [5, 5.41) is 2.67. The maximum absolute atomic E-state index is 6.09. The van der Waals surface area contributed by atoms with E-state index in [1.807, 2.05) is 38.2 Å². The van der Waals surface area contributed by atoms with Crippen molar-refractivity contribution in [2.45, 2.75) is 6.04 Å². The van der Waals surface area contributed by atoms with E-state index < -0.39 is 7.92 Å². The summed E-state index contributed by atoms with van der Waals surface area (Å²) in [6.45, 7) is 0.596. The van der Waals surface area contributed by atoms with Gasteiger partial charge in [0.15, 0.2) is 5.90 Å². The van der Waals surface area contributed by atoms with Crippen molar-refractivity contribution in [2.24, 2.45) is 4.99 Å². The van der Waals surface area contributed by atoms with Crippen LogP contribution in [-0.2, 0) is 21.8 Å². The first kappa shape index (κ1) is 26.2. The minimum atomic E-state index is -0.675. The third kappa shape index (κ3) is 6.65. The Bertz CT molecular complexity index is 992.